The highest BCUT2D eigenvalue weighted by atomic mass is 33.1. The molecule has 0 fully saturated rings. The average Bonchev–Trinajstić information content (AvgIpc) is 2.21. The third-order valence-corrected chi connectivity index (χ3v) is 4.86. The Balaban J connectivity index is -0.000000237. The van der Waals surface area contributed by atoms with E-state index in [1.807, 2.05) is 0 Å². The molecule has 0 heterocycles. The molecule has 0 saturated carbocycles. The number of thiol groups is 2. The van der Waals surface area contributed by atoms with Crippen LogP contribution in [0.2, 0.25) is 0 Å². The summed E-state index contributed by atoms with van der Waals surface area (Å²) in [6.07, 6.45) is 8.72. The first kappa shape index (κ1) is 22.5. The molecule has 0 atom stereocenters. The van der Waals surface area contributed by atoms with Crippen LogP contribution in [0, 0.1) is 0 Å². The van der Waals surface area contributed by atoms with Crippen LogP contribution in [-0.4, -0.2) is 28.3 Å². The second-order valence-corrected chi connectivity index (χ2v) is 6.37. The topological polar surface area (TPSA) is 57.5 Å². The molecule has 0 rings (SSSR count). The summed E-state index contributed by atoms with van der Waals surface area (Å²) in [6.45, 7) is 6.92. The summed E-state index contributed by atoms with van der Waals surface area (Å²) in [7, 11) is -2.69. The van der Waals surface area contributed by atoms with Gasteiger partial charge in [0.25, 0.3) is 0 Å². The fourth-order valence-corrected chi connectivity index (χ4v) is 3.85. The van der Waals surface area contributed by atoms with Gasteiger partial charge in [-0.15, -0.1) is 31.2 Å². The Kier molecular flexibility index (Phi) is 30.3. The first-order valence-corrected chi connectivity index (χ1v) is 10.2. The van der Waals surface area contributed by atoms with Crippen molar-refractivity contribution in [1.82, 2.24) is 0 Å². The van der Waals surface area contributed by atoms with Crippen molar-refractivity contribution < 1.29 is 14.4 Å². The molecule has 0 saturated heterocycles. The molecule has 7 heteroatoms. The summed E-state index contributed by atoms with van der Waals surface area (Å²) in [5.74, 6) is 0. The molecule has 0 aliphatic rings. The van der Waals surface area contributed by atoms with Gasteiger partial charge in [-0.3, -0.25) is 4.57 Å². The fourth-order valence-electron chi connectivity index (χ4n) is 1.28. The smallest absolute Gasteiger partial charge is 0.314 e. The van der Waals surface area contributed by atoms with Gasteiger partial charge in [-0.05, 0) is 18.5 Å². The van der Waals surface area contributed by atoms with Crippen LogP contribution in [0.4, 0.5) is 0 Å². The molecule has 0 unspecified atom stereocenters. The van der Waals surface area contributed by atoms with E-state index in [9.17, 15) is 0 Å². The highest BCUT2D eigenvalue weighted by Crippen LogP contribution is 2.37. The Morgan fingerprint density at radius 3 is 1.25 bits per heavy atom. The van der Waals surface area contributed by atoms with Crippen molar-refractivity contribution in [2.75, 3.05) is 18.5 Å². The van der Waals surface area contributed by atoms with Crippen molar-refractivity contribution >= 4 is 39.5 Å². The Morgan fingerprint density at radius 1 is 0.938 bits per heavy atom. The standard InChI is InChI=1S/C9H21P.H3O3P.H2S2/c1-4-7-10(8-5-2)9-6-3;1-4(2)3;1-2/h4-9H2,1-3H3;4H,(H2,1,2,3);1-2H. The maximum atomic E-state index is 8.74. The van der Waals surface area contributed by atoms with E-state index in [-0.39, 0.29) is 0 Å². The second kappa shape index (κ2) is 21.6. The first-order valence-electron chi connectivity index (χ1n) is 5.42. The Bertz CT molecular complexity index is 122. The summed E-state index contributed by atoms with van der Waals surface area (Å²) in [5, 5.41) is 0. The zero-order valence-corrected chi connectivity index (χ0v) is 14.1. The molecule has 0 aliphatic heterocycles. The lowest BCUT2D eigenvalue weighted by Gasteiger charge is -2.13. The molecular weight excluding hydrogens is 282 g/mol. The van der Waals surface area contributed by atoms with Crippen molar-refractivity contribution in [1.29, 1.82) is 0 Å². The number of hydrogen-bond donors (Lipinski definition) is 4. The first-order chi connectivity index (χ1) is 7.58. The lowest BCUT2D eigenvalue weighted by molar-refractivity contribution is 0.405. The third kappa shape index (κ3) is 29.5. The van der Waals surface area contributed by atoms with Gasteiger partial charge in [-0.1, -0.05) is 40.0 Å². The number of rotatable bonds is 6. The maximum absolute atomic E-state index is 8.74. The molecule has 0 aliphatic carbocycles. The largest absolute Gasteiger partial charge is 0.326 e. The molecule has 0 aromatic carbocycles. The van der Waals surface area contributed by atoms with Gasteiger partial charge in [0, 0.05) is 0 Å². The van der Waals surface area contributed by atoms with Crippen LogP contribution in [0.5, 0.6) is 0 Å². The molecule has 0 aromatic rings. The van der Waals surface area contributed by atoms with E-state index in [2.05, 4.69) is 44.1 Å². The van der Waals surface area contributed by atoms with Gasteiger partial charge in [0.05, 0.1) is 0 Å². The number of hydrogen-bond acceptors (Lipinski definition) is 3. The monoisotopic (exact) mass is 308 g/mol. The minimum absolute atomic E-state index is 0.439. The van der Waals surface area contributed by atoms with Crippen LogP contribution in [0.15, 0.2) is 0 Å². The molecule has 16 heavy (non-hydrogen) atoms. The van der Waals surface area contributed by atoms with Gasteiger partial charge < -0.3 is 9.79 Å². The third-order valence-electron chi connectivity index (χ3n) is 1.62. The average molecular weight is 308 g/mol. The van der Waals surface area contributed by atoms with E-state index in [1.54, 1.807) is 0 Å². The summed E-state index contributed by atoms with van der Waals surface area (Å²) >= 11 is 6.44. The van der Waals surface area contributed by atoms with Crippen LogP contribution in [-0.2, 0) is 4.57 Å². The predicted molar refractivity (Wildman–Crippen MR) is 83.8 cm³/mol. The Labute approximate surface area is 112 Å². The highest BCUT2D eigenvalue weighted by molar-refractivity contribution is 8.59. The minimum Gasteiger partial charge on any atom is -0.326 e. The Hall–Kier alpha value is 1.28. The van der Waals surface area contributed by atoms with Crippen LogP contribution >= 0.6 is 39.5 Å². The van der Waals surface area contributed by atoms with Crippen molar-refractivity contribution in [2.24, 2.45) is 0 Å². The van der Waals surface area contributed by atoms with E-state index >= 15 is 0 Å². The summed E-state index contributed by atoms with van der Waals surface area (Å²) in [5.41, 5.74) is 0. The quantitative estimate of drug-likeness (QED) is 0.343. The van der Waals surface area contributed by atoms with Gasteiger partial charge in [0.2, 0.25) is 0 Å². The van der Waals surface area contributed by atoms with E-state index in [0.717, 1.165) is 0 Å². The summed E-state index contributed by atoms with van der Waals surface area (Å²) in [4.78, 5) is 14.3. The van der Waals surface area contributed by atoms with E-state index in [4.69, 9.17) is 14.4 Å². The SMILES string of the molecule is CCCP(CCC)CCC.O=[PH](O)O.SS. The zero-order chi connectivity index (χ0) is 13.4. The molecule has 3 nitrogen and oxygen atoms in total. The van der Waals surface area contributed by atoms with Crippen LogP contribution in [0.1, 0.15) is 40.0 Å². The molecule has 0 aromatic heterocycles. The fraction of sp³-hybridized carbons (Fsp3) is 1.00. The Morgan fingerprint density at radius 2 is 1.12 bits per heavy atom. The molecule has 0 bridgehead atoms. The zero-order valence-electron chi connectivity index (χ0n) is 10.4. The normalized spacial score (nSPS) is 9.31. The van der Waals surface area contributed by atoms with Gasteiger partial charge in [-0.2, -0.15) is 0 Å². The van der Waals surface area contributed by atoms with Crippen LogP contribution in [0.25, 0.3) is 0 Å². The van der Waals surface area contributed by atoms with Crippen molar-refractivity contribution in [2.45, 2.75) is 40.0 Å². The molecule has 0 spiro atoms. The molecule has 2 N–H and O–H groups in total. The highest BCUT2D eigenvalue weighted by Gasteiger charge is 2.02. The predicted octanol–water partition coefficient (Wildman–Crippen LogP) is 3.82. The lowest BCUT2D eigenvalue weighted by atomic mass is 10.6. The van der Waals surface area contributed by atoms with E-state index < -0.39 is 8.25 Å². The second-order valence-electron chi connectivity index (χ2n) is 3.12. The van der Waals surface area contributed by atoms with Crippen molar-refractivity contribution in [3.63, 3.8) is 0 Å². The molecule has 0 amide bonds. The van der Waals surface area contributed by atoms with Crippen LogP contribution < -0.4 is 0 Å². The van der Waals surface area contributed by atoms with Gasteiger partial charge in [0.15, 0.2) is 0 Å². The minimum atomic E-state index is -3.13. The summed E-state index contributed by atoms with van der Waals surface area (Å²) in [6, 6.07) is 0. The van der Waals surface area contributed by atoms with Gasteiger partial charge in [0.1, 0.15) is 0 Å². The molecule has 0 radical (unpaired) electrons. The van der Waals surface area contributed by atoms with Gasteiger partial charge >= 0.3 is 8.25 Å². The van der Waals surface area contributed by atoms with Gasteiger partial charge in [-0.25, -0.2) is 0 Å². The summed E-state index contributed by atoms with van der Waals surface area (Å²) < 4.78 is 8.74. The van der Waals surface area contributed by atoms with Crippen molar-refractivity contribution in [3.05, 3.63) is 0 Å². The van der Waals surface area contributed by atoms with Crippen LogP contribution in [0.3, 0.4) is 0 Å². The van der Waals surface area contributed by atoms with Crippen molar-refractivity contribution in [3.8, 4) is 0 Å². The molecular formula is C9H26O3P2S2. The molecule has 102 valence electrons. The van der Waals surface area contributed by atoms with E-state index in [1.165, 1.54) is 37.7 Å². The lowest BCUT2D eigenvalue weighted by Crippen LogP contribution is -1.92. The van der Waals surface area contributed by atoms with E-state index in [0.29, 0.717) is 7.92 Å². The maximum Gasteiger partial charge on any atom is 0.314 e.